The minimum atomic E-state index is -0.599. The van der Waals surface area contributed by atoms with Crippen molar-refractivity contribution in [3.63, 3.8) is 0 Å². The third kappa shape index (κ3) is 2.19. The quantitative estimate of drug-likeness (QED) is 0.851. The van der Waals surface area contributed by atoms with Crippen LogP contribution in [0.2, 0.25) is 0 Å². The van der Waals surface area contributed by atoms with E-state index in [1.54, 1.807) is 7.11 Å². The molecule has 2 aliphatic carbocycles. The molecule has 0 aromatic heterocycles. The predicted molar refractivity (Wildman–Crippen MR) is 91.6 cm³/mol. The molecule has 4 rings (SSSR count). The summed E-state index contributed by atoms with van der Waals surface area (Å²) >= 11 is 0. The van der Waals surface area contributed by atoms with Gasteiger partial charge in [-0.3, -0.25) is 4.79 Å². The minimum absolute atomic E-state index is 0.0147. The number of ketones is 1. The van der Waals surface area contributed by atoms with Crippen LogP contribution in [-0.2, 0) is 9.53 Å². The van der Waals surface area contributed by atoms with Crippen LogP contribution in [0.4, 0.5) is 0 Å². The van der Waals surface area contributed by atoms with Crippen LogP contribution in [0.1, 0.15) is 31.2 Å². The maximum Gasteiger partial charge on any atom is 0.231 e. The molecule has 6 atom stereocenters. The van der Waals surface area contributed by atoms with Gasteiger partial charge in [-0.1, -0.05) is 19.1 Å². The summed E-state index contributed by atoms with van der Waals surface area (Å²) in [5, 5.41) is 11.2. The van der Waals surface area contributed by atoms with Crippen LogP contribution in [0.15, 0.2) is 30.9 Å². The van der Waals surface area contributed by atoms with Crippen LogP contribution < -0.4 is 9.47 Å². The van der Waals surface area contributed by atoms with Crippen LogP contribution >= 0.6 is 0 Å². The average Bonchev–Trinajstić information content (AvgIpc) is 3.11. The lowest BCUT2D eigenvalue weighted by Gasteiger charge is -2.41. The van der Waals surface area contributed by atoms with E-state index in [0.29, 0.717) is 12.8 Å². The summed E-state index contributed by atoms with van der Waals surface area (Å²) < 4.78 is 16.5. The lowest BCUT2D eigenvalue weighted by Crippen LogP contribution is -2.50. The molecule has 0 spiro atoms. The molecule has 2 saturated carbocycles. The number of hydrogen-bond acceptors (Lipinski definition) is 5. The zero-order valence-electron chi connectivity index (χ0n) is 14.6. The number of ether oxygens (including phenoxy) is 3. The van der Waals surface area contributed by atoms with Crippen molar-refractivity contribution in [3.8, 4) is 11.5 Å². The van der Waals surface area contributed by atoms with E-state index in [0.717, 1.165) is 17.1 Å². The molecule has 0 radical (unpaired) electrons. The van der Waals surface area contributed by atoms with Gasteiger partial charge in [-0.2, -0.15) is 0 Å². The summed E-state index contributed by atoms with van der Waals surface area (Å²) in [5.74, 6) is 1.41. The second-order valence-corrected chi connectivity index (χ2v) is 7.47. The van der Waals surface area contributed by atoms with Crippen LogP contribution in [-0.4, -0.2) is 37.0 Å². The standard InChI is InChI=1S/C20H24O5/c1-4-7-20-9-13(21)18(23-3)17(19(20)22)16(11(20)2)12-5-6-14-15(8-12)25-10-24-14/h4-6,8,11,16-19,22H,1,7,9-10H2,2-3H3/t11-,16+,17-,18+,19+,20-/m1/s1. The van der Waals surface area contributed by atoms with Crippen molar-refractivity contribution >= 4 is 5.78 Å². The van der Waals surface area contributed by atoms with Gasteiger partial charge in [-0.25, -0.2) is 0 Å². The number of allylic oxidation sites excluding steroid dienone is 1. The number of aliphatic hydroxyl groups excluding tert-OH is 1. The molecule has 25 heavy (non-hydrogen) atoms. The highest BCUT2D eigenvalue weighted by Gasteiger charge is 2.64. The van der Waals surface area contributed by atoms with Gasteiger partial charge < -0.3 is 19.3 Å². The first kappa shape index (κ1) is 16.6. The van der Waals surface area contributed by atoms with Gasteiger partial charge in [0, 0.05) is 24.9 Å². The van der Waals surface area contributed by atoms with Crippen LogP contribution in [0, 0.1) is 17.3 Å². The monoisotopic (exact) mass is 344 g/mol. The van der Waals surface area contributed by atoms with Gasteiger partial charge in [0.05, 0.1) is 6.10 Å². The molecule has 134 valence electrons. The maximum atomic E-state index is 12.7. The first-order valence-corrected chi connectivity index (χ1v) is 8.77. The Hall–Kier alpha value is -1.85. The van der Waals surface area contributed by atoms with E-state index < -0.39 is 17.6 Å². The Morgan fingerprint density at radius 2 is 2.16 bits per heavy atom. The van der Waals surface area contributed by atoms with E-state index in [2.05, 4.69) is 13.5 Å². The summed E-state index contributed by atoms with van der Waals surface area (Å²) in [6, 6.07) is 5.90. The third-order valence-electron chi connectivity index (χ3n) is 6.54. The highest BCUT2D eigenvalue weighted by atomic mass is 16.7. The van der Waals surface area contributed by atoms with E-state index in [1.165, 1.54) is 0 Å². The van der Waals surface area contributed by atoms with E-state index in [-0.39, 0.29) is 30.3 Å². The summed E-state index contributed by atoms with van der Waals surface area (Å²) in [4.78, 5) is 12.7. The Labute approximate surface area is 147 Å². The van der Waals surface area contributed by atoms with Gasteiger partial charge in [0.25, 0.3) is 0 Å². The summed E-state index contributed by atoms with van der Waals surface area (Å²) in [7, 11) is 1.55. The van der Waals surface area contributed by atoms with Crippen molar-refractivity contribution in [2.45, 2.75) is 37.9 Å². The Morgan fingerprint density at radius 3 is 2.88 bits per heavy atom. The number of fused-ring (bicyclic) bond motifs is 3. The van der Waals surface area contributed by atoms with Crippen LogP contribution in [0.3, 0.4) is 0 Å². The molecule has 0 amide bonds. The van der Waals surface area contributed by atoms with E-state index >= 15 is 0 Å². The number of aliphatic hydroxyl groups is 1. The molecule has 0 unspecified atom stereocenters. The average molecular weight is 344 g/mol. The molecular weight excluding hydrogens is 320 g/mol. The highest BCUT2D eigenvalue weighted by molar-refractivity contribution is 5.86. The van der Waals surface area contributed by atoms with Gasteiger partial charge >= 0.3 is 0 Å². The number of hydrogen-bond donors (Lipinski definition) is 1. The molecule has 1 heterocycles. The number of carbonyl (C=O) groups is 1. The fourth-order valence-corrected chi connectivity index (χ4v) is 5.37. The van der Waals surface area contributed by atoms with Crippen molar-refractivity contribution in [2.75, 3.05) is 13.9 Å². The summed E-state index contributed by atoms with van der Waals surface area (Å²) in [6.45, 7) is 6.21. The van der Waals surface area contributed by atoms with E-state index in [1.807, 2.05) is 24.3 Å². The zero-order valence-corrected chi connectivity index (χ0v) is 14.6. The summed E-state index contributed by atoms with van der Waals surface area (Å²) in [5.41, 5.74) is 0.586. The maximum absolute atomic E-state index is 12.7. The SMILES string of the molecule is C=CC[C@@]12CC(=O)[C@H](OC)[C@@H]([C@H](c3ccc4c(c3)OCO4)[C@H]1C)[C@@H]2O. The molecular formula is C20H24O5. The Balaban J connectivity index is 1.81. The lowest BCUT2D eigenvalue weighted by atomic mass is 9.66. The first-order chi connectivity index (χ1) is 12.0. The van der Waals surface area contributed by atoms with Crippen LogP contribution in [0.5, 0.6) is 11.5 Å². The van der Waals surface area contributed by atoms with Crippen molar-refractivity contribution < 1.29 is 24.1 Å². The number of Topliss-reactive ketones (excluding diaryl/α,β-unsaturated/α-hetero) is 1. The van der Waals surface area contributed by atoms with E-state index in [9.17, 15) is 9.90 Å². The molecule has 1 aromatic rings. The van der Waals surface area contributed by atoms with Gasteiger partial charge in [0.2, 0.25) is 6.79 Å². The first-order valence-electron chi connectivity index (χ1n) is 8.77. The fourth-order valence-electron chi connectivity index (χ4n) is 5.37. The molecule has 5 nitrogen and oxygen atoms in total. The molecule has 1 N–H and O–H groups in total. The normalized spacial score (nSPS) is 38.8. The van der Waals surface area contributed by atoms with Gasteiger partial charge in [0.1, 0.15) is 6.10 Å². The molecule has 3 aliphatic rings. The van der Waals surface area contributed by atoms with Gasteiger partial charge in [-0.05, 0) is 36.0 Å². The van der Waals surface area contributed by atoms with Crippen molar-refractivity contribution in [2.24, 2.45) is 17.3 Å². The number of benzene rings is 1. The predicted octanol–water partition coefficient (Wildman–Crippen LogP) is 2.68. The summed E-state index contributed by atoms with van der Waals surface area (Å²) in [6.07, 6.45) is 1.60. The van der Waals surface area contributed by atoms with Crippen molar-refractivity contribution in [1.82, 2.24) is 0 Å². The molecule has 2 fully saturated rings. The van der Waals surface area contributed by atoms with Gasteiger partial charge in [0.15, 0.2) is 17.3 Å². The largest absolute Gasteiger partial charge is 0.454 e. The topological polar surface area (TPSA) is 65.0 Å². The second kappa shape index (κ2) is 5.85. The van der Waals surface area contributed by atoms with Crippen LogP contribution in [0.25, 0.3) is 0 Å². The lowest BCUT2D eigenvalue weighted by molar-refractivity contribution is -0.149. The molecule has 2 bridgehead atoms. The highest BCUT2D eigenvalue weighted by Crippen LogP contribution is 2.62. The number of methoxy groups -OCH3 is 1. The Morgan fingerprint density at radius 1 is 1.40 bits per heavy atom. The molecule has 5 heteroatoms. The molecule has 0 saturated heterocycles. The smallest absolute Gasteiger partial charge is 0.231 e. The Bertz CT molecular complexity index is 714. The van der Waals surface area contributed by atoms with Crippen molar-refractivity contribution in [1.29, 1.82) is 0 Å². The van der Waals surface area contributed by atoms with Crippen molar-refractivity contribution in [3.05, 3.63) is 36.4 Å². The third-order valence-corrected chi connectivity index (χ3v) is 6.54. The van der Waals surface area contributed by atoms with Gasteiger partial charge in [-0.15, -0.1) is 6.58 Å². The fraction of sp³-hybridized carbons (Fsp3) is 0.550. The Kier molecular flexibility index (Phi) is 3.89. The minimum Gasteiger partial charge on any atom is -0.454 e. The molecule has 1 aliphatic heterocycles. The van der Waals surface area contributed by atoms with E-state index in [4.69, 9.17) is 14.2 Å². The number of rotatable bonds is 4. The zero-order chi connectivity index (χ0) is 17.8. The number of carbonyl (C=O) groups excluding carboxylic acids is 1. The molecule has 1 aromatic carbocycles. The second-order valence-electron chi connectivity index (χ2n) is 7.47.